The molecule has 0 radical (unpaired) electrons. The minimum atomic E-state index is -0.201. The van der Waals surface area contributed by atoms with Gasteiger partial charge in [-0.25, -0.2) is 4.98 Å². The second kappa shape index (κ2) is 7.33. The van der Waals surface area contributed by atoms with Gasteiger partial charge in [-0.1, -0.05) is 17.7 Å². The van der Waals surface area contributed by atoms with Crippen molar-refractivity contribution in [2.75, 3.05) is 5.73 Å². The summed E-state index contributed by atoms with van der Waals surface area (Å²) in [7, 11) is 0. The van der Waals surface area contributed by atoms with Gasteiger partial charge in [-0.05, 0) is 42.5 Å². The van der Waals surface area contributed by atoms with Gasteiger partial charge < -0.3 is 15.8 Å². The van der Waals surface area contributed by atoms with E-state index < -0.39 is 0 Å². The Bertz CT molecular complexity index is 849. The van der Waals surface area contributed by atoms with E-state index in [0.29, 0.717) is 28.7 Å². The quantitative estimate of drug-likeness (QED) is 0.719. The maximum Gasteiger partial charge on any atom is 0.253 e. The standard InChI is InChI=1S/C17H14ClN3O2S/c18-12-2-1-3-13(8-12)23-16-7-5-14(24-16)10-21-17(22)11-4-6-15(19)20-9-11/h1-9H,10H2,(H2,19,20)(H,21,22). The molecule has 0 saturated carbocycles. The molecule has 0 aliphatic carbocycles. The fraction of sp³-hybridized carbons (Fsp3) is 0.0588. The van der Waals surface area contributed by atoms with Gasteiger partial charge in [-0.15, -0.1) is 11.3 Å². The topological polar surface area (TPSA) is 77.2 Å². The number of hydrogen-bond acceptors (Lipinski definition) is 5. The highest BCUT2D eigenvalue weighted by molar-refractivity contribution is 7.13. The van der Waals surface area contributed by atoms with Crippen molar-refractivity contribution in [1.29, 1.82) is 0 Å². The van der Waals surface area contributed by atoms with Gasteiger partial charge in [-0.3, -0.25) is 4.79 Å². The van der Waals surface area contributed by atoms with E-state index in [1.54, 1.807) is 24.3 Å². The molecule has 0 unspecified atom stereocenters. The third-order valence-corrected chi connectivity index (χ3v) is 4.32. The van der Waals surface area contributed by atoms with Crippen molar-refractivity contribution in [3.05, 3.63) is 70.2 Å². The van der Waals surface area contributed by atoms with Crippen LogP contribution >= 0.6 is 22.9 Å². The lowest BCUT2D eigenvalue weighted by Crippen LogP contribution is -2.22. The van der Waals surface area contributed by atoms with Crippen LogP contribution in [-0.4, -0.2) is 10.9 Å². The molecule has 3 aromatic rings. The molecule has 24 heavy (non-hydrogen) atoms. The molecule has 3 rings (SSSR count). The summed E-state index contributed by atoms with van der Waals surface area (Å²) in [5.74, 6) is 0.855. The minimum Gasteiger partial charge on any atom is -0.447 e. The maximum absolute atomic E-state index is 12.0. The molecule has 1 aromatic carbocycles. The summed E-state index contributed by atoms with van der Waals surface area (Å²) >= 11 is 7.39. The highest BCUT2D eigenvalue weighted by Crippen LogP contribution is 2.30. The average molecular weight is 360 g/mol. The summed E-state index contributed by atoms with van der Waals surface area (Å²) in [6.07, 6.45) is 1.45. The lowest BCUT2D eigenvalue weighted by molar-refractivity contribution is 0.0951. The Kier molecular flexibility index (Phi) is 4.98. The van der Waals surface area contributed by atoms with Crippen molar-refractivity contribution in [1.82, 2.24) is 10.3 Å². The number of carbonyl (C=O) groups is 1. The molecular weight excluding hydrogens is 346 g/mol. The van der Waals surface area contributed by atoms with Crippen LogP contribution in [-0.2, 0) is 6.54 Å². The molecule has 0 fully saturated rings. The summed E-state index contributed by atoms with van der Waals surface area (Å²) in [6, 6.07) is 14.2. The van der Waals surface area contributed by atoms with Crippen LogP contribution in [0.3, 0.4) is 0 Å². The van der Waals surface area contributed by atoms with Crippen molar-refractivity contribution in [2.45, 2.75) is 6.54 Å². The Morgan fingerprint density at radius 1 is 1.25 bits per heavy atom. The molecule has 1 amide bonds. The smallest absolute Gasteiger partial charge is 0.253 e. The van der Waals surface area contributed by atoms with Gasteiger partial charge in [0.25, 0.3) is 5.91 Å². The van der Waals surface area contributed by atoms with E-state index in [1.807, 2.05) is 24.3 Å². The van der Waals surface area contributed by atoms with Crippen LogP contribution in [0, 0.1) is 0 Å². The molecule has 0 atom stereocenters. The van der Waals surface area contributed by atoms with E-state index in [4.69, 9.17) is 22.1 Å². The van der Waals surface area contributed by atoms with Crippen LogP contribution < -0.4 is 15.8 Å². The molecule has 5 nitrogen and oxygen atoms in total. The summed E-state index contributed by atoms with van der Waals surface area (Å²) in [5.41, 5.74) is 5.97. The number of nitrogens with one attached hydrogen (secondary N) is 1. The number of thiophene rings is 1. The van der Waals surface area contributed by atoms with Crippen LogP contribution in [0.5, 0.6) is 10.8 Å². The highest BCUT2D eigenvalue weighted by Gasteiger charge is 2.08. The lowest BCUT2D eigenvalue weighted by atomic mass is 10.2. The SMILES string of the molecule is Nc1ccc(C(=O)NCc2ccc(Oc3cccc(Cl)c3)s2)cn1. The summed E-state index contributed by atoms with van der Waals surface area (Å²) in [6.45, 7) is 0.410. The lowest BCUT2D eigenvalue weighted by Gasteiger charge is -2.04. The fourth-order valence-corrected chi connectivity index (χ4v) is 2.96. The number of amides is 1. The predicted octanol–water partition coefficient (Wildman–Crippen LogP) is 4.10. The van der Waals surface area contributed by atoms with Gasteiger partial charge >= 0.3 is 0 Å². The number of nitrogens with two attached hydrogens (primary N) is 1. The number of ether oxygens (including phenoxy) is 1. The normalized spacial score (nSPS) is 10.4. The predicted molar refractivity (Wildman–Crippen MR) is 95.7 cm³/mol. The van der Waals surface area contributed by atoms with Gasteiger partial charge in [-0.2, -0.15) is 0 Å². The number of aromatic nitrogens is 1. The second-order valence-corrected chi connectivity index (χ2v) is 6.50. The van der Waals surface area contributed by atoms with E-state index in [9.17, 15) is 4.79 Å². The van der Waals surface area contributed by atoms with E-state index in [-0.39, 0.29) is 5.91 Å². The number of nitrogens with zero attached hydrogens (tertiary/aromatic N) is 1. The largest absolute Gasteiger partial charge is 0.447 e. The fourth-order valence-electron chi connectivity index (χ4n) is 1.96. The number of carbonyl (C=O) groups excluding carboxylic acids is 1. The zero-order chi connectivity index (χ0) is 16.9. The van der Waals surface area contributed by atoms with Crippen molar-refractivity contribution in [3.8, 4) is 10.8 Å². The molecular formula is C17H14ClN3O2S. The minimum absolute atomic E-state index is 0.201. The molecule has 0 aliphatic rings. The second-order valence-electron chi connectivity index (χ2n) is 4.93. The molecule has 2 aromatic heterocycles. The summed E-state index contributed by atoms with van der Waals surface area (Å²) < 4.78 is 5.74. The monoisotopic (exact) mass is 359 g/mol. The third-order valence-electron chi connectivity index (χ3n) is 3.12. The zero-order valence-corrected chi connectivity index (χ0v) is 14.1. The number of halogens is 1. The number of pyridine rings is 1. The van der Waals surface area contributed by atoms with Crippen LogP contribution in [0.4, 0.5) is 5.82 Å². The molecule has 122 valence electrons. The van der Waals surface area contributed by atoms with Gasteiger partial charge in [0.2, 0.25) is 0 Å². The van der Waals surface area contributed by atoms with Gasteiger partial charge in [0.05, 0.1) is 12.1 Å². The van der Waals surface area contributed by atoms with E-state index in [1.165, 1.54) is 17.5 Å². The number of hydrogen-bond donors (Lipinski definition) is 2. The Labute approximate surface area is 148 Å². The first-order valence-electron chi connectivity index (χ1n) is 7.12. The van der Waals surface area contributed by atoms with E-state index in [2.05, 4.69) is 10.3 Å². The number of rotatable bonds is 5. The van der Waals surface area contributed by atoms with Gasteiger partial charge in [0, 0.05) is 16.1 Å². The first-order valence-corrected chi connectivity index (χ1v) is 8.31. The van der Waals surface area contributed by atoms with Crippen molar-refractivity contribution < 1.29 is 9.53 Å². The van der Waals surface area contributed by atoms with Crippen molar-refractivity contribution in [3.63, 3.8) is 0 Å². The zero-order valence-electron chi connectivity index (χ0n) is 12.5. The molecule has 2 heterocycles. The molecule has 0 bridgehead atoms. The number of benzene rings is 1. The van der Waals surface area contributed by atoms with Crippen molar-refractivity contribution in [2.24, 2.45) is 0 Å². The highest BCUT2D eigenvalue weighted by atomic mass is 35.5. The Hall–Kier alpha value is -2.57. The summed E-state index contributed by atoms with van der Waals surface area (Å²) in [4.78, 5) is 16.9. The van der Waals surface area contributed by atoms with Gasteiger partial charge in [0.1, 0.15) is 11.6 Å². The maximum atomic E-state index is 12.0. The molecule has 0 saturated heterocycles. The third kappa shape index (κ3) is 4.24. The van der Waals surface area contributed by atoms with E-state index >= 15 is 0 Å². The van der Waals surface area contributed by atoms with Gasteiger partial charge in [0.15, 0.2) is 5.06 Å². The Morgan fingerprint density at radius 3 is 2.88 bits per heavy atom. The molecule has 7 heteroatoms. The van der Waals surface area contributed by atoms with Crippen LogP contribution in [0.25, 0.3) is 0 Å². The van der Waals surface area contributed by atoms with Crippen LogP contribution in [0.1, 0.15) is 15.2 Å². The summed E-state index contributed by atoms with van der Waals surface area (Å²) in [5, 5.41) is 4.19. The van der Waals surface area contributed by atoms with Crippen molar-refractivity contribution >= 4 is 34.7 Å². The molecule has 0 spiro atoms. The average Bonchev–Trinajstić information content (AvgIpc) is 3.01. The first kappa shape index (κ1) is 16.3. The molecule has 0 aliphatic heterocycles. The number of nitrogen functional groups attached to an aromatic ring is 1. The van der Waals surface area contributed by atoms with E-state index in [0.717, 1.165) is 9.94 Å². The first-order chi connectivity index (χ1) is 11.6. The number of anilines is 1. The molecule has 3 N–H and O–H groups in total. The Morgan fingerprint density at radius 2 is 2.12 bits per heavy atom. The van der Waals surface area contributed by atoms with Crippen LogP contribution in [0.15, 0.2) is 54.7 Å². The van der Waals surface area contributed by atoms with Crippen LogP contribution in [0.2, 0.25) is 5.02 Å². The Balaban J connectivity index is 1.58.